The molecule has 1 unspecified atom stereocenters. The number of nitrogens with zero attached hydrogens (tertiary/aromatic N) is 2. The maximum atomic E-state index is 14.7. The van der Waals surface area contributed by atoms with Gasteiger partial charge in [0.05, 0.1) is 11.8 Å². The highest BCUT2D eigenvalue weighted by Gasteiger charge is 2.23. The number of likely N-dealkylation sites (N-methyl/N-ethyl adjacent to an activating group) is 2. The summed E-state index contributed by atoms with van der Waals surface area (Å²) in [6.45, 7) is 5.55. The van der Waals surface area contributed by atoms with Gasteiger partial charge in [0.2, 0.25) is 0 Å². The molecular weight excluding hydrogens is 381 g/mol. The fraction of sp³-hybridized carbons (Fsp3) is 0.375. The minimum atomic E-state index is -0.311. The lowest BCUT2D eigenvalue weighted by atomic mass is 10.2. The molecule has 0 aliphatic carbocycles. The lowest BCUT2D eigenvalue weighted by Crippen LogP contribution is -2.30. The van der Waals surface area contributed by atoms with Gasteiger partial charge >= 0.3 is 0 Å². The Bertz CT molecular complexity index is 896. The number of halogens is 1. The number of rotatable bonds is 7. The Labute approximate surface area is 178 Å². The predicted octanol–water partition coefficient (Wildman–Crippen LogP) is 4.09. The van der Waals surface area contributed by atoms with Gasteiger partial charge in [-0.2, -0.15) is 0 Å². The summed E-state index contributed by atoms with van der Waals surface area (Å²) in [5.41, 5.74) is 2.00. The van der Waals surface area contributed by atoms with Crippen LogP contribution in [0.3, 0.4) is 0 Å². The van der Waals surface area contributed by atoms with Gasteiger partial charge in [-0.3, -0.25) is 4.79 Å². The Kier molecular flexibility index (Phi) is 7.11. The molecule has 1 aliphatic heterocycles. The van der Waals surface area contributed by atoms with E-state index in [0.717, 1.165) is 30.8 Å². The van der Waals surface area contributed by atoms with Gasteiger partial charge in [0.25, 0.3) is 5.91 Å². The zero-order valence-electron chi connectivity index (χ0n) is 18.1. The number of anilines is 2. The number of carbonyl (C=O) groups is 1. The minimum Gasteiger partial charge on any atom is -0.491 e. The largest absolute Gasteiger partial charge is 0.491 e. The normalized spacial score (nSPS) is 16.5. The lowest BCUT2D eigenvalue weighted by molar-refractivity contribution is -0.113. The highest BCUT2D eigenvalue weighted by atomic mass is 19.1. The van der Waals surface area contributed by atoms with Crippen LogP contribution in [0.5, 0.6) is 5.75 Å². The summed E-state index contributed by atoms with van der Waals surface area (Å²) in [5, 5.41) is 3.23. The van der Waals surface area contributed by atoms with Gasteiger partial charge < -0.3 is 19.9 Å². The van der Waals surface area contributed by atoms with Gasteiger partial charge in [-0.05, 0) is 69.3 Å². The summed E-state index contributed by atoms with van der Waals surface area (Å²) in [7, 11) is 3.57. The van der Waals surface area contributed by atoms with Crippen LogP contribution in [0, 0.1) is 5.82 Å². The van der Waals surface area contributed by atoms with E-state index in [2.05, 4.69) is 5.32 Å². The number of ether oxygens (including phenoxy) is 1. The fourth-order valence-electron chi connectivity index (χ4n) is 3.51. The Balaban J connectivity index is 1.64. The van der Waals surface area contributed by atoms with E-state index in [1.54, 1.807) is 25.3 Å². The number of hydrogen-bond donors (Lipinski definition) is 1. The average Bonchev–Trinajstić information content (AvgIpc) is 3.21. The van der Waals surface area contributed by atoms with Crippen LogP contribution in [0.15, 0.2) is 48.5 Å². The van der Waals surface area contributed by atoms with Crippen molar-refractivity contribution in [2.45, 2.75) is 32.4 Å². The number of nitrogens with one attached hydrogen (secondary N) is 1. The highest BCUT2D eigenvalue weighted by molar-refractivity contribution is 6.03. The van der Waals surface area contributed by atoms with Gasteiger partial charge in [-0.15, -0.1) is 0 Å². The van der Waals surface area contributed by atoms with Crippen molar-refractivity contribution in [1.82, 2.24) is 5.32 Å². The second kappa shape index (κ2) is 9.76. The number of hydrogen-bond acceptors (Lipinski definition) is 4. The molecule has 3 rings (SSSR count). The van der Waals surface area contributed by atoms with Crippen LogP contribution in [-0.2, 0) is 4.79 Å². The highest BCUT2D eigenvalue weighted by Crippen LogP contribution is 2.27. The van der Waals surface area contributed by atoms with E-state index in [1.165, 1.54) is 17.0 Å². The van der Waals surface area contributed by atoms with Gasteiger partial charge in [-0.1, -0.05) is 12.1 Å². The zero-order valence-corrected chi connectivity index (χ0v) is 18.1. The van der Waals surface area contributed by atoms with Crippen LogP contribution >= 0.6 is 0 Å². The molecule has 160 valence electrons. The van der Waals surface area contributed by atoms with E-state index >= 15 is 0 Å². The van der Waals surface area contributed by atoms with Crippen molar-refractivity contribution in [3.05, 3.63) is 59.9 Å². The molecule has 0 aromatic heterocycles. The predicted molar refractivity (Wildman–Crippen MR) is 121 cm³/mol. The monoisotopic (exact) mass is 411 g/mol. The molecule has 2 aromatic carbocycles. The molecule has 0 spiro atoms. The molecule has 1 atom stereocenters. The molecule has 0 radical (unpaired) electrons. The van der Waals surface area contributed by atoms with Crippen LogP contribution in [0.2, 0.25) is 0 Å². The van der Waals surface area contributed by atoms with Crippen LogP contribution in [0.4, 0.5) is 15.8 Å². The van der Waals surface area contributed by atoms with Crippen molar-refractivity contribution in [3.63, 3.8) is 0 Å². The van der Waals surface area contributed by atoms with Crippen molar-refractivity contribution < 1.29 is 13.9 Å². The van der Waals surface area contributed by atoms with Gasteiger partial charge in [-0.25, -0.2) is 4.39 Å². The first-order valence-electron chi connectivity index (χ1n) is 10.3. The fourth-order valence-corrected chi connectivity index (χ4v) is 3.51. The molecule has 1 saturated heterocycles. The maximum absolute atomic E-state index is 14.7. The molecule has 1 aliphatic rings. The molecule has 5 nitrogen and oxygen atoms in total. The molecule has 6 heteroatoms. The molecule has 1 N–H and O–H groups in total. The second-order valence-electron chi connectivity index (χ2n) is 7.82. The molecule has 1 fully saturated rings. The third-order valence-corrected chi connectivity index (χ3v) is 5.26. The van der Waals surface area contributed by atoms with E-state index in [0.29, 0.717) is 17.4 Å². The third kappa shape index (κ3) is 5.39. The molecule has 2 aromatic rings. The van der Waals surface area contributed by atoms with Gasteiger partial charge in [0, 0.05) is 37.9 Å². The maximum Gasteiger partial charge on any atom is 0.250 e. The van der Waals surface area contributed by atoms with Crippen molar-refractivity contribution in [2.75, 3.05) is 37.0 Å². The SMILES string of the molecule is CNC1CCN(c2ccc(N(C)C(=O)C=Cc3ccc(OC(C)C)cc3)cc2F)C1. The van der Waals surface area contributed by atoms with E-state index in [9.17, 15) is 9.18 Å². The average molecular weight is 412 g/mol. The number of benzene rings is 2. The molecule has 0 bridgehead atoms. The Hall–Kier alpha value is -2.86. The number of carbonyl (C=O) groups excluding carboxylic acids is 1. The summed E-state index contributed by atoms with van der Waals surface area (Å²) in [5.74, 6) is 0.259. The smallest absolute Gasteiger partial charge is 0.250 e. The molecular formula is C24H30FN3O2. The van der Waals surface area contributed by atoms with Crippen molar-refractivity contribution in [2.24, 2.45) is 0 Å². The topological polar surface area (TPSA) is 44.8 Å². The van der Waals surface area contributed by atoms with Crippen LogP contribution in [0.1, 0.15) is 25.8 Å². The first-order chi connectivity index (χ1) is 14.4. The van der Waals surface area contributed by atoms with Gasteiger partial charge in [0.1, 0.15) is 11.6 Å². The quantitative estimate of drug-likeness (QED) is 0.697. The van der Waals surface area contributed by atoms with Crippen molar-refractivity contribution >= 4 is 23.4 Å². The van der Waals surface area contributed by atoms with Crippen LogP contribution < -0.4 is 19.9 Å². The lowest BCUT2D eigenvalue weighted by Gasteiger charge is -2.21. The third-order valence-electron chi connectivity index (χ3n) is 5.26. The van der Waals surface area contributed by atoms with E-state index in [1.807, 2.05) is 50.1 Å². The molecule has 1 amide bonds. The standard InChI is InChI=1S/C24H30FN3O2/c1-17(2)30-21-9-5-18(6-10-21)7-12-24(29)27(4)20-8-11-23(22(25)15-20)28-14-13-19(16-28)26-3/h5-12,15,17,19,26H,13-14,16H2,1-4H3. The zero-order chi connectivity index (χ0) is 21.7. The Morgan fingerprint density at radius 2 is 2.00 bits per heavy atom. The van der Waals surface area contributed by atoms with Crippen LogP contribution in [-0.4, -0.2) is 45.2 Å². The van der Waals surface area contributed by atoms with Crippen LogP contribution in [0.25, 0.3) is 6.08 Å². The first kappa shape index (κ1) is 21.8. The summed E-state index contributed by atoms with van der Waals surface area (Å²) in [4.78, 5) is 16.0. The number of amides is 1. The summed E-state index contributed by atoms with van der Waals surface area (Å²) < 4.78 is 20.3. The summed E-state index contributed by atoms with van der Waals surface area (Å²) >= 11 is 0. The Morgan fingerprint density at radius 3 is 2.60 bits per heavy atom. The van der Waals surface area contributed by atoms with Crippen molar-refractivity contribution in [1.29, 1.82) is 0 Å². The Morgan fingerprint density at radius 1 is 1.27 bits per heavy atom. The molecule has 1 heterocycles. The minimum absolute atomic E-state index is 0.114. The molecule has 30 heavy (non-hydrogen) atoms. The first-order valence-corrected chi connectivity index (χ1v) is 10.3. The van der Waals surface area contributed by atoms with E-state index < -0.39 is 0 Å². The van der Waals surface area contributed by atoms with Crippen molar-refractivity contribution in [3.8, 4) is 5.75 Å². The van der Waals surface area contributed by atoms with Gasteiger partial charge in [0.15, 0.2) is 0 Å². The molecule has 0 saturated carbocycles. The summed E-state index contributed by atoms with van der Waals surface area (Å²) in [6, 6.07) is 12.9. The van der Waals surface area contributed by atoms with E-state index in [4.69, 9.17) is 4.74 Å². The summed E-state index contributed by atoms with van der Waals surface area (Å²) in [6.07, 6.45) is 4.34. The second-order valence-corrected chi connectivity index (χ2v) is 7.82. The van der Waals surface area contributed by atoms with E-state index in [-0.39, 0.29) is 17.8 Å².